The monoisotopic (exact) mass is 303 g/mol. The number of rotatable bonds is 5. The number of carboxylic acids is 1. The predicted molar refractivity (Wildman–Crippen MR) is 81.8 cm³/mol. The minimum atomic E-state index is -0.675. The van der Waals surface area contributed by atoms with E-state index < -0.39 is 5.97 Å². The summed E-state index contributed by atoms with van der Waals surface area (Å²) < 4.78 is 1.71. The highest BCUT2D eigenvalue weighted by molar-refractivity contribution is 5.70. The molecule has 0 aromatic carbocycles. The maximum absolute atomic E-state index is 11.0. The number of fused-ring (bicyclic) bond motifs is 1. The van der Waals surface area contributed by atoms with Gasteiger partial charge in [-0.1, -0.05) is 13.3 Å². The molecule has 7 heteroatoms. The number of anilines is 1. The lowest BCUT2D eigenvalue weighted by molar-refractivity contribution is -0.142. The lowest BCUT2D eigenvalue weighted by Gasteiger charge is -2.27. The topological polar surface area (TPSA) is 92.4 Å². The number of aliphatic carboxylic acids is 1. The number of aryl methyl sites for hydroxylation is 1. The molecule has 3 rings (SSSR count). The quantitative estimate of drug-likeness (QED) is 0.879. The first kappa shape index (κ1) is 14.7. The summed E-state index contributed by atoms with van der Waals surface area (Å²) in [5, 5.41) is 16.8. The molecule has 1 aliphatic carbocycles. The molecule has 0 bridgehead atoms. The Bertz CT molecular complexity index is 661. The second-order valence-corrected chi connectivity index (χ2v) is 5.89. The molecule has 0 spiro atoms. The molecule has 1 aliphatic rings. The van der Waals surface area contributed by atoms with Crippen LogP contribution in [0.4, 0.5) is 5.82 Å². The number of aromatic nitrogens is 4. The summed E-state index contributed by atoms with van der Waals surface area (Å²) in [5.74, 6) is 0.626. The minimum absolute atomic E-state index is 0.197. The van der Waals surface area contributed by atoms with Gasteiger partial charge in [-0.05, 0) is 32.1 Å². The van der Waals surface area contributed by atoms with Crippen LogP contribution in [0.2, 0.25) is 0 Å². The maximum atomic E-state index is 11.0. The third-order valence-electron chi connectivity index (χ3n) is 4.24. The van der Waals surface area contributed by atoms with Gasteiger partial charge in [-0.15, -0.1) is 0 Å². The van der Waals surface area contributed by atoms with E-state index in [1.807, 2.05) is 6.07 Å². The van der Waals surface area contributed by atoms with E-state index in [0.717, 1.165) is 50.0 Å². The number of carbonyl (C=O) groups is 1. The normalized spacial score (nSPS) is 21.9. The third-order valence-corrected chi connectivity index (χ3v) is 4.24. The molecule has 0 radical (unpaired) electrons. The molecule has 7 nitrogen and oxygen atoms in total. The first-order valence-electron chi connectivity index (χ1n) is 7.86. The molecular formula is C15H21N5O2. The maximum Gasteiger partial charge on any atom is 0.306 e. The van der Waals surface area contributed by atoms with Crippen molar-refractivity contribution < 1.29 is 9.90 Å². The van der Waals surface area contributed by atoms with Gasteiger partial charge < -0.3 is 10.4 Å². The number of nitrogens with one attached hydrogen (secondary N) is 1. The van der Waals surface area contributed by atoms with Crippen molar-refractivity contribution in [2.24, 2.45) is 5.92 Å². The van der Waals surface area contributed by atoms with Crippen LogP contribution in [0.15, 0.2) is 12.4 Å². The van der Waals surface area contributed by atoms with E-state index in [2.05, 4.69) is 27.3 Å². The average molecular weight is 303 g/mol. The van der Waals surface area contributed by atoms with Gasteiger partial charge in [0.2, 0.25) is 0 Å². The van der Waals surface area contributed by atoms with Gasteiger partial charge in [0.05, 0.1) is 5.92 Å². The standard InChI is InChI=1S/C15H21N5O2/c1-2-3-12-8-13(20-15(19-12)16-9-17-20)18-11-6-4-10(5-7-11)14(21)22/h8-11,18H,2-7H2,1H3,(H,21,22). The zero-order valence-electron chi connectivity index (χ0n) is 12.7. The lowest BCUT2D eigenvalue weighted by atomic mass is 9.86. The van der Waals surface area contributed by atoms with Crippen molar-refractivity contribution in [3.05, 3.63) is 18.1 Å². The zero-order chi connectivity index (χ0) is 15.5. The Morgan fingerprint density at radius 2 is 2.18 bits per heavy atom. The van der Waals surface area contributed by atoms with E-state index in [9.17, 15) is 4.79 Å². The fourth-order valence-electron chi connectivity index (χ4n) is 3.04. The van der Waals surface area contributed by atoms with Crippen molar-refractivity contribution in [2.45, 2.75) is 51.5 Å². The molecule has 0 amide bonds. The third kappa shape index (κ3) is 3.03. The number of nitrogens with zero attached hydrogens (tertiary/aromatic N) is 4. The smallest absolute Gasteiger partial charge is 0.306 e. The molecule has 2 heterocycles. The van der Waals surface area contributed by atoms with E-state index in [-0.39, 0.29) is 12.0 Å². The Morgan fingerprint density at radius 3 is 2.86 bits per heavy atom. The molecule has 0 atom stereocenters. The van der Waals surface area contributed by atoms with E-state index >= 15 is 0 Å². The second-order valence-electron chi connectivity index (χ2n) is 5.89. The first-order chi connectivity index (χ1) is 10.7. The molecule has 2 aromatic heterocycles. The van der Waals surface area contributed by atoms with E-state index in [1.165, 1.54) is 6.33 Å². The molecule has 1 saturated carbocycles. The van der Waals surface area contributed by atoms with E-state index in [1.54, 1.807) is 4.52 Å². The minimum Gasteiger partial charge on any atom is -0.481 e. The average Bonchev–Trinajstić information content (AvgIpc) is 2.97. The van der Waals surface area contributed by atoms with Crippen LogP contribution in [-0.2, 0) is 11.2 Å². The van der Waals surface area contributed by atoms with Gasteiger partial charge in [0.1, 0.15) is 12.1 Å². The molecule has 0 aliphatic heterocycles. The van der Waals surface area contributed by atoms with Gasteiger partial charge in [0.25, 0.3) is 5.78 Å². The van der Waals surface area contributed by atoms with Gasteiger partial charge in [0, 0.05) is 17.8 Å². The van der Waals surface area contributed by atoms with Crippen molar-refractivity contribution in [3.8, 4) is 0 Å². The zero-order valence-corrected chi connectivity index (χ0v) is 12.7. The number of hydrogen-bond acceptors (Lipinski definition) is 5. The Kier molecular flexibility index (Phi) is 4.22. The van der Waals surface area contributed by atoms with Gasteiger partial charge in [-0.25, -0.2) is 4.98 Å². The fourth-order valence-corrected chi connectivity index (χ4v) is 3.04. The van der Waals surface area contributed by atoms with Crippen molar-refractivity contribution in [1.82, 2.24) is 19.6 Å². The molecule has 0 unspecified atom stereocenters. The summed E-state index contributed by atoms with van der Waals surface area (Å²) in [6.07, 6.45) is 6.60. The summed E-state index contributed by atoms with van der Waals surface area (Å²) >= 11 is 0. The van der Waals surface area contributed by atoms with Crippen LogP contribution in [0.25, 0.3) is 5.78 Å². The molecule has 118 valence electrons. The lowest BCUT2D eigenvalue weighted by Crippen LogP contribution is -2.30. The Labute approximate surface area is 128 Å². The van der Waals surface area contributed by atoms with Gasteiger partial charge >= 0.3 is 5.97 Å². The molecule has 1 fully saturated rings. The van der Waals surface area contributed by atoms with Crippen LogP contribution < -0.4 is 5.32 Å². The van der Waals surface area contributed by atoms with Crippen LogP contribution >= 0.6 is 0 Å². The highest BCUT2D eigenvalue weighted by Crippen LogP contribution is 2.27. The summed E-state index contributed by atoms with van der Waals surface area (Å²) in [4.78, 5) is 19.7. The molecule has 22 heavy (non-hydrogen) atoms. The summed E-state index contributed by atoms with van der Waals surface area (Å²) in [7, 11) is 0. The summed E-state index contributed by atoms with van der Waals surface area (Å²) in [5.41, 5.74) is 1.00. The van der Waals surface area contributed by atoms with Crippen molar-refractivity contribution in [3.63, 3.8) is 0 Å². The molecule has 0 saturated heterocycles. The van der Waals surface area contributed by atoms with Crippen molar-refractivity contribution >= 4 is 17.6 Å². The predicted octanol–water partition coefficient (Wildman–Crippen LogP) is 2.13. The summed E-state index contributed by atoms with van der Waals surface area (Å²) in [6, 6.07) is 2.30. The second kappa shape index (κ2) is 6.29. The molecular weight excluding hydrogens is 282 g/mol. The molecule has 2 N–H and O–H groups in total. The van der Waals surface area contributed by atoms with Crippen LogP contribution in [0.1, 0.15) is 44.7 Å². The van der Waals surface area contributed by atoms with Crippen LogP contribution in [0.5, 0.6) is 0 Å². The highest BCUT2D eigenvalue weighted by atomic mass is 16.4. The van der Waals surface area contributed by atoms with Crippen molar-refractivity contribution in [2.75, 3.05) is 5.32 Å². The Morgan fingerprint density at radius 1 is 1.41 bits per heavy atom. The number of hydrogen-bond donors (Lipinski definition) is 2. The summed E-state index contributed by atoms with van der Waals surface area (Å²) in [6.45, 7) is 2.12. The van der Waals surface area contributed by atoms with Crippen LogP contribution in [0, 0.1) is 5.92 Å². The van der Waals surface area contributed by atoms with E-state index in [4.69, 9.17) is 5.11 Å². The fraction of sp³-hybridized carbons (Fsp3) is 0.600. The van der Waals surface area contributed by atoms with E-state index in [0.29, 0.717) is 5.78 Å². The van der Waals surface area contributed by atoms with Gasteiger partial charge in [0.15, 0.2) is 0 Å². The van der Waals surface area contributed by atoms with Gasteiger partial charge in [-0.3, -0.25) is 4.79 Å². The van der Waals surface area contributed by atoms with Crippen LogP contribution in [-0.4, -0.2) is 36.7 Å². The Balaban J connectivity index is 1.76. The first-order valence-corrected chi connectivity index (χ1v) is 7.86. The SMILES string of the molecule is CCCc1cc(NC2CCC(C(=O)O)CC2)n2ncnc2n1. The number of carboxylic acid groups (broad SMARTS) is 1. The van der Waals surface area contributed by atoms with Crippen LogP contribution in [0.3, 0.4) is 0 Å². The largest absolute Gasteiger partial charge is 0.481 e. The van der Waals surface area contributed by atoms with Crippen molar-refractivity contribution in [1.29, 1.82) is 0 Å². The Hall–Kier alpha value is -2.18. The van der Waals surface area contributed by atoms with Gasteiger partial charge in [-0.2, -0.15) is 14.6 Å². The highest BCUT2D eigenvalue weighted by Gasteiger charge is 2.26. The molecule has 2 aromatic rings.